The second-order valence-electron chi connectivity index (χ2n) is 7.71. The Balaban J connectivity index is 1.51. The Morgan fingerprint density at radius 1 is 1.04 bits per heavy atom. The van der Waals surface area contributed by atoms with E-state index in [2.05, 4.69) is 21.7 Å². The summed E-state index contributed by atoms with van der Waals surface area (Å²) in [5.74, 6) is -0.318. The molecule has 0 radical (unpaired) electrons. The summed E-state index contributed by atoms with van der Waals surface area (Å²) < 4.78 is 0. The highest BCUT2D eigenvalue weighted by Gasteiger charge is 2.17. The lowest BCUT2D eigenvalue weighted by Crippen LogP contribution is -2.35. The van der Waals surface area contributed by atoms with Crippen molar-refractivity contribution >= 4 is 11.8 Å². The molecule has 0 aromatic carbocycles. The highest BCUT2D eigenvalue weighted by molar-refractivity contribution is 5.98. The topological polar surface area (TPSA) is 71.1 Å². The van der Waals surface area contributed by atoms with Crippen molar-refractivity contribution in [3.8, 4) is 0 Å². The van der Waals surface area contributed by atoms with E-state index < -0.39 is 0 Å². The number of hydrogen-bond acceptors (Lipinski definition) is 3. The van der Waals surface area contributed by atoms with Crippen LogP contribution in [0.2, 0.25) is 0 Å². The van der Waals surface area contributed by atoms with E-state index in [0.717, 1.165) is 44.9 Å². The van der Waals surface area contributed by atoms with Crippen LogP contribution in [-0.2, 0) is 0 Å². The summed E-state index contributed by atoms with van der Waals surface area (Å²) >= 11 is 0. The van der Waals surface area contributed by atoms with Crippen molar-refractivity contribution in [2.75, 3.05) is 6.54 Å². The molecule has 1 aromatic rings. The molecule has 0 unspecified atom stereocenters. The van der Waals surface area contributed by atoms with Crippen LogP contribution in [0, 0.1) is 0 Å². The first-order chi connectivity index (χ1) is 13.2. The van der Waals surface area contributed by atoms with Gasteiger partial charge in [-0.2, -0.15) is 0 Å². The first-order valence-electron chi connectivity index (χ1n) is 10.5. The first kappa shape index (κ1) is 19.6. The van der Waals surface area contributed by atoms with Crippen molar-refractivity contribution < 1.29 is 9.59 Å². The summed E-state index contributed by atoms with van der Waals surface area (Å²) in [6.07, 6.45) is 16.5. The highest BCUT2D eigenvalue weighted by Crippen LogP contribution is 2.19. The Bertz CT molecular complexity index is 676. The second kappa shape index (κ2) is 10.2. The Kier molecular flexibility index (Phi) is 7.43. The zero-order valence-corrected chi connectivity index (χ0v) is 16.1. The molecule has 1 heterocycles. The molecule has 0 atom stereocenters. The molecule has 146 valence electrons. The monoisotopic (exact) mass is 369 g/mol. The van der Waals surface area contributed by atoms with Crippen molar-refractivity contribution in [1.29, 1.82) is 0 Å². The molecular weight excluding hydrogens is 338 g/mol. The molecule has 2 aliphatic rings. The van der Waals surface area contributed by atoms with Gasteiger partial charge in [0.1, 0.15) is 5.69 Å². The largest absolute Gasteiger partial charge is 0.352 e. The van der Waals surface area contributed by atoms with Gasteiger partial charge in [0.2, 0.25) is 0 Å². The smallest absolute Gasteiger partial charge is 0.270 e. The van der Waals surface area contributed by atoms with Crippen LogP contribution in [0.15, 0.2) is 30.0 Å². The van der Waals surface area contributed by atoms with Crippen LogP contribution in [0.1, 0.15) is 91.5 Å². The van der Waals surface area contributed by atoms with Gasteiger partial charge in [-0.1, -0.05) is 37.3 Å². The Labute approximate surface area is 162 Å². The highest BCUT2D eigenvalue weighted by atomic mass is 16.2. The molecule has 27 heavy (non-hydrogen) atoms. The maximum atomic E-state index is 12.5. The number of nitrogens with one attached hydrogen (secondary N) is 2. The normalized spacial score (nSPS) is 18.3. The molecular formula is C22H31N3O2. The summed E-state index contributed by atoms with van der Waals surface area (Å²) in [5.41, 5.74) is 2.26. The van der Waals surface area contributed by atoms with Gasteiger partial charge in [-0.25, -0.2) is 0 Å². The van der Waals surface area contributed by atoms with E-state index in [1.54, 1.807) is 18.3 Å². The van der Waals surface area contributed by atoms with Gasteiger partial charge in [0, 0.05) is 24.3 Å². The van der Waals surface area contributed by atoms with Gasteiger partial charge >= 0.3 is 0 Å². The van der Waals surface area contributed by atoms with Gasteiger partial charge in [0.25, 0.3) is 11.8 Å². The number of carbonyl (C=O) groups excluding carboxylic acids is 2. The number of aromatic nitrogens is 1. The standard InChI is InChI=1S/C22H31N3O2/c26-21(24-14-12-17-8-4-3-5-9-17)18-13-15-23-20(16-18)22(27)25-19-10-6-1-2-7-11-19/h8,13,15-16,19H,1-7,9-12,14H2,(H,24,26)(H,25,27). The fourth-order valence-corrected chi connectivity index (χ4v) is 3.95. The van der Waals surface area contributed by atoms with Gasteiger partial charge < -0.3 is 10.6 Å². The number of nitrogens with zero attached hydrogens (tertiary/aromatic N) is 1. The minimum Gasteiger partial charge on any atom is -0.352 e. The van der Waals surface area contributed by atoms with Crippen molar-refractivity contribution in [2.45, 2.75) is 76.7 Å². The average Bonchev–Trinajstić information content (AvgIpc) is 2.97. The zero-order valence-electron chi connectivity index (χ0n) is 16.1. The number of allylic oxidation sites excluding steroid dienone is 1. The molecule has 2 amide bonds. The van der Waals surface area contributed by atoms with Crippen LogP contribution in [0.5, 0.6) is 0 Å². The maximum Gasteiger partial charge on any atom is 0.270 e. The summed E-state index contributed by atoms with van der Waals surface area (Å²) in [4.78, 5) is 29.1. The Hall–Kier alpha value is -2.17. The molecule has 0 aliphatic heterocycles. The number of amides is 2. The maximum absolute atomic E-state index is 12.5. The van der Waals surface area contributed by atoms with E-state index in [-0.39, 0.29) is 17.9 Å². The number of carbonyl (C=O) groups is 2. The van der Waals surface area contributed by atoms with Gasteiger partial charge in [-0.05, 0) is 57.1 Å². The third-order valence-electron chi connectivity index (χ3n) is 5.56. The number of pyridine rings is 1. The number of hydrogen-bond donors (Lipinski definition) is 2. The van der Waals surface area contributed by atoms with Crippen molar-refractivity contribution in [1.82, 2.24) is 15.6 Å². The molecule has 5 heteroatoms. The molecule has 2 aliphatic carbocycles. The predicted octanol–water partition coefficient (Wildman–Crippen LogP) is 4.15. The molecule has 1 saturated carbocycles. The van der Waals surface area contributed by atoms with E-state index in [9.17, 15) is 9.59 Å². The summed E-state index contributed by atoms with van der Waals surface area (Å²) in [5, 5.41) is 6.05. The van der Waals surface area contributed by atoms with Crippen LogP contribution in [-0.4, -0.2) is 29.4 Å². The van der Waals surface area contributed by atoms with E-state index >= 15 is 0 Å². The van der Waals surface area contributed by atoms with E-state index in [1.807, 2.05) is 0 Å². The fourth-order valence-electron chi connectivity index (χ4n) is 3.95. The Morgan fingerprint density at radius 3 is 2.59 bits per heavy atom. The molecule has 1 aromatic heterocycles. The fraction of sp³-hybridized carbons (Fsp3) is 0.591. The lowest BCUT2D eigenvalue weighted by atomic mass is 9.97. The van der Waals surface area contributed by atoms with E-state index in [1.165, 1.54) is 31.3 Å². The molecule has 3 rings (SSSR count). The van der Waals surface area contributed by atoms with Crippen molar-refractivity contribution in [3.63, 3.8) is 0 Å². The summed E-state index contributed by atoms with van der Waals surface area (Å²) in [6.45, 7) is 0.636. The van der Waals surface area contributed by atoms with Crippen molar-refractivity contribution in [3.05, 3.63) is 41.2 Å². The number of rotatable bonds is 6. The van der Waals surface area contributed by atoms with Crippen LogP contribution < -0.4 is 10.6 Å². The minimum absolute atomic E-state index is 0.141. The molecule has 0 saturated heterocycles. The third-order valence-corrected chi connectivity index (χ3v) is 5.56. The quantitative estimate of drug-likeness (QED) is 0.584. The predicted molar refractivity (Wildman–Crippen MR) is 107 cm³/mol. The average molecular weight is 370 g/mol. The van der Waals surface area contributed by atoms with Crippen LogP contribution in [0.3, 0.4) is 0 Å². The first-order valence-corrected chi connectivity index (χ1v) is 10.5. The minimum atomic E-state index is -0.177. The lowest BCUT2D eigenvalue weighted by molar-refractivity contribution is 0.0928. The molecule has 0 spiro atoms. The van der Waals surface area contributed by atoms with Gasteiger partial charge in [-0.15, -0.1) is 0 Å². The third kappa shape index (κ3) is 6.19. The van der Waals surface area contributed by atoms with Gasteiger partial charge in [-0.3, -0.25) is 14.6 Å². The summed E-state index contributed by atoms with van der Waals surface area (Å²) in [6, 6.07) is 3.49. The van der Waals surface area contributed by atoms with Crippen LogP contribution in [0.4, 0.5) is 0 Å². The van der Waals surface area contributed by atoms with Gasteiger partial charge in [0.15, 0.2) is 0 Å². The molecule has 1 fully saturated rings. The molecule has 2 N–H and O–H groups in total. The van der Waals surface area contributed by atoms with E-state index in [4.69, 9.17) is 0 Å². The molecule has 5 nitrogen and oxygen atoms in total. The lowest BCUT2D eigenvalue weighted by Gasteiger charge is -2.16. The SMILES string of the molecule is O=C(NCCC1=CCCCC1)c1ccnc(C(=O)NC2CCCCCC2)c1. The van der Waals surface area contributed by atoms with Crippen LogP contribution in [0.25, 0.3) is 0 Å². The van der Waals surface area contributed by atoms with Gasteiger partial charge in [0.05, 0.1) is 0 Å². The molecule has 0 bridgehead atoms. The van der Waals surface area contributed by atoms with E-state index in [0.29, 0.717) is 17.8 Å². The van der Waals surface area contributed by atoms with Crippen LogP contribution >= 0.6 is 0 Å². The Morgan fingerprint density at radius 2 is 1.85 bits per heavy atom. The zero-order chi connectivity index (χ0) is 18.9. The van der Waals surface area contributed by atoms with Crippen molar-refractivity contribution in [2.24, 2.45) is 0 Å². The summed E-state index contributed by atoms with van der Waals surface area (Å²) in [7, 11) is 0. The second-order valence-corrected chi connectivity index (χ2v) is 7.71.